The van der Waals surface area contributed by atoms with Crippen molar-refractivity contribution in [3.8, 4) is 23.0 Å². The Labute approximate surface area is 167 Å². The van der Waals surface area contributed by atoms with Crippen LogP contribution in [0.5, 0.6) is 23.0 Å². The number of carbonyl (C=O) groups is 2. The Kier molecular flexibility index (Phi) is 4.92. The minimum atomic E-state index is -0.873. The van der Waals surface area contributed by atoms with Gasteiger partial charge in [0.2, 0.25) is 0 Å². The van der Waals surface area contributed by atoms with Crippen molar-refractivity contribution >= 4 is 17.6 Å². The number of phenolic OH excluding ortho intramolecular Hbond substituents is 2. The zero-order valence-corrected chi connectivity index (χ0v) is 15.6. The van der Waals surface area contributed by atoms with Crippen LogP contribution in [0.2, 0.25) is 0 Å². The van der Waals surface area contributed by atoms with E-state index >= 15 is 0 Å². The number of phenols is 2. The van der Waals surface area contributed by atoms with Gasteiger partial charge in [0.15, 0.2) is 18.1 Å². The summed E-state index contributed by atoms with van der Waals surface area (Å²) in [6.07, 6.45) is 4.96. The van der Waals surface area contributed by atoms with E-state index in [4.69, 9.17) is 14.2 Å². The highest BCUT2D eigenvalue weighted by molar-refractivity contribution is 5.97. The van der Waals surface area contributed by atoms with E-state index in [1.807, 2.05) is 0 Å². The lowest BCUT2D eigenvalue weighted by Gasteiger charge is -2.31. The molecule has 0 radical (unpaired) electrons. The van der Waals surface area contributed by atoms with Crippen LogP contribution in [-0.4, -0.2) is 34.5 Å². The number of esters is 1. The van der Waals surface area contributed by atoms with Crippen LogP contribution < -0.4 is 14.8 Å². The largest absolute Gasteiger partial charge is 0.508 e. The van der Waals surface area contributed by atoms with Crippen molar-refractivity contribution < 1.29 is 34.0 Å². The lowest BCUT2D eigenvalue weighted by Crippen LogP contribution is -2.40. The lowest BCUT2D eigenvalue weighted by molar-refractivity contribution is -0.119. The molecule has 1 amide bonds. The predicted octanol–water partition coefficient (Wildman–Crippen LogP) is 3.32. The first-order valence-corrected chi connectivity index (χ1v) is 9.45. The third-order valence-corrected chi connectivity index (χ3v) is 4.97. The molecule has 1 aliphatic carbocycles. The van der Waals surface area contributed by atoms with E-state index in [0.29, 0.717) is 17.2 Å². The second kappa shape index (κ2) is 7.54. The Morgan fingerprint density at radius 1 is 1.00 bits per heavy atom. The van der Waals surface area contributed by atoms with Gasteiger partial charge in [-0.1, -0.05) is 6.42 Å². The first kappa shape index (κ1) is 18.9. The minimum absolute atomic E-state index is 0.142. The summed E-state index contributed by atoms with van der Waals surface area (Å²) >= 11 is 0. The third kappa shape index (κ3) is 4.06. The minimum Gasteiger partial charge on any atom is -0.508 e. The van der Waals surface area contributed by atoms with Gasteiger partial charge < -0.3 is 29.7 Å². The molecule has 4 rings (SSSR count). The first-order valence-electron chi connectivity index (χ1n) is 9.45. The number of ether oxygens (including phenoxy) is 3. The van der Waals surface area contributed by atoms with Crippen molar-refractivity contribution in [3.63, 3.8) is 0 Å². The summed E-state index contributed by atoms with van der Waals surface area (Å²) in [5.74, 6) is -1.39. The van der Waals surface area contributed by atoms with Crippen molar-refractivity contribution in [2.45, 2.75) is 37.9 Å². The van der Waals surface area contributed by atoms with Gasteiger partial charge in [0.25, 0.3) is 11.7 Å². The number of fused-ring (bicyclic) bond motifs is 1. The number of hydrogen-bond donors (Lipinski definition) is 3. The fraction of sp³-hybridized carbons (Fsp3) is 0.333. The molecule has 1 saturated carbocycles. The van der Waals surface area contributed by atoms with Crippen LogP contribution >= 0.6 is 0 Å². The van der Waals surface area contributed by atoms with Crippen LogP contribution in [0.3, 0.4) is 0 Å². The quantitative estimate of drug-likeness (QED) is 0.676. The van der Waals surface area contributed by atoms with Crippen molar-refractivity contribution in [2.24, 2.45) is 0 Å². The fourth-order valence-electron chi connectivity index (χ4n) is 3.56. The summed E-state index contributed by atoms with van der Waals surface area (Å²) in [4.78, 5) is 24.1. The molecule has 0 saturated heterocycles. The first-order chi connectivity index (χ1) is 13.9. The van der Waals surface area contributed by atoms with Gasteiger partial charge in [-0.05, 0) is 37.1 Å². The van der Waals surface area contributed by atoms with Gasteiger partial charge in [0, 0.05) is 30.7 Å². The molecule has 1 aliphatic heterocycles. The zero-order chi connectivity index (χ0) is 20.4. The molecule has 2 aliphatic rings. The second-order valence-corrected chi connectivity index (χ2v) is 7.16. The number of rotatable bonds is 4. The molecular formula is C21H21NO7. The smallest absolute Gasteiger partial charge is 0.342 e. The highest BCUT2D eigenvalue weighted by Gasteiger charge is 2.42. The highest BCUT2D eigenvalue weighted by Crippen LogP contribution is 2.46. The molecule has 0 unspecified atom stereocenters. The van der Waals surface area contributed by atoms with Gasteiger partial charge in [-0.25, -0.2) is 4.79 Å². The SMILES string of the molecule is O=C(COC(=O)c1ccc(O)cc1O)Nc1ccc2c(c1)OC1(CCCCC1)O2. The molecule has 1 fully saturated rings. The van der Waals surface area contributed by atoms with E-state index < -0.39 is 30.0 Å². The van der Waals surface area contributed by atoms with E-state index in [-0.39, 0.29) is 11.3 Å². The average molecular weight is 399 g/mol. The van der Waals surface area contributed by atoms with Crippen molar-refractivity contribution in [1.82, 2.24) is 0 Å². The average Bonchev–Trinajstić information content (AvgIpc) is 3.03. The molecule has 0 bridgehead atoms. The molecule has 1 heterocycles. The molecule has 8 nitrogen and oxygen atoms in total. The van der Waals surface area contributed by atoms with Gasteiger partial charge >= 0.3 is 5.97 Å². The predicted molar refractivity (Wildman–Crippen MR) is 102 cm³/mol. The summed E-state index contributed by atoms with van der Waals surface area (Å²) in [7, 11) is 0. The molecule has 152 valence electrons. The monoisotopic (exact) mass is 399 g/mol. The number of carbonyl (C=O) groups excluding carboxylic acids is 2. The Balaban J connectivity index is 1.34. The van der Waals surface area contributed by atoms with Gasteiger partial charge in [-0.15, -0.1) is 0 Å². The molecule has 3 N–H and O–H groups in total. The number of anilines is 1. The number of hydrogen-bond acceptors (Lipinski definition) is 7. The Bertz CT molecular complexity index is 950. The summed E-state index contributed by atoms with van der Waals surface area (Å²) in [6.45, 7) is -0.530. The summed E-state index contributed by atoms with van der Waals surface area (Å²) in [6, 6.07) is 8.59. The summed E-state index contributed by atoms with van der Waals surface area (Å²) < 4.78 is 16.9. The standard InChI is InChI=1S/C21H21NO7/c23-14-5-6-15(16(24)11-14)20(26)27-12-19(25)22-13-4-7-17-18(10-13)29-21(28-17)8-2-1-3-9-21/h4-7,10-11,23-24H,1-3,8-9,12H2,(H,22,25). The van der Waals surface area contributed by atoms with Crippen molar-refractivity contribution in [1.29, 1.82) is 0 Å². The zero-order valence-electron chi connectivity index (χ0n) is 15.6. The van der Waals surface area contributed by atoms with Crippen molar-refractivity contribution in [3.05, 3.63) is 42.0 Å². The van der Waals surface area contributed by atoms with E-state index in [2.05, 4.69) is 5.32 Å². The topological polar surface area (TPSA) is 114 Å². The maximum atomic E-state index is 12.1. The molecule has 8 heteroatoms. The van der Waals surface area contributed by atoms with E-state index in [1.54, 1.807) is 18.2 Å². The van der Waals surface area contributed by atoms with E-state index in [0.717, 1.165) is 31.7 Å². The van der Waals surface area contributed by atoms with E-state index in [1.165, 1.54) is 18.6 Å². The molecule has 0 aromatic heterocycles. The van der Waals surface area contributed by atoms with Crippen molar-refractivity contribution in [2.75, 3.05) is 11.9 Å². The molecule has 0 atom stereocenters. The highest BCUT2D eigenvalue weighted by atomic mass is 16.7. The van der Waals surface area contributed by atoms with Crippen LogP contribution in [0.25, 0.3) is 0 Å². The Morgan fingerprint density at radius 2 is 1.76 bits per heavy atom. The molecule has 29 heavy (non-hydrogen) atoms. The normalized spacial score (nSPS) is 16.4. The van der Waals surface area contributed by atoms with Crippen LogP contribution in [-0.2, 0) is 9.53 Å². The number of amides is 1. The molecular weight excluding hydrogens is 378 g/mol. The molecule has 1 spiro atoms. The van der Waals surface area contributed by atoms with Crippen LogP contribution in [0.1, 0.15) is 42.5 Å². The molecule has 2 aromatic carbocycles. The van der Waals surface area contributed by atoms with E-state index in [9.17, 15) is 19.8 Å². The lowest BCUT2D eigenvalue weighted by atomic mass is 9.94. The van der Waals surface area contributed by atoms with Crippen LogP contribution in [0.4, 0.5) is 5.69 Å². The van der Waals surface area contributed by atoms with Crippen LogP contribution in [0.15, 0.2) is 36.4 Å². The van der Waals surface area contributed by atoms with Gasteiger partial charge in [0.05, 0.1) is 0 Å². The van der Waals surface area contributed by atoms with Gasteiger partial charge in [-0.2, -0.15) is 0 Å². The number of nitrogens with one attached hydrogen (secondary N) is 1. The summed E-state index contributed by atoms with van der Waals surface area (Å²) in [5.41, 5.74) is 0.352. The molecule has 2 aromatic rings. The second-order valence-electron chi connectivity index (χ2n) is 7.16. The van der Waals surface area contributed by atoms with Crippen LogP contribution in [0, 0.1) is 0 Å². The summed E-state index contributed by atoms with van der Waals surface area (Å²) in [5, 5.41) is 21.6. The fourth-order valence-corrected chi connectivity index (χ4v) is 3.56. The third-order valence-electron chi connectivity index (χ3n) is 4.97. The van der Waals surface area contributed by atoms with Gasteiger partial charge in [0.1, 0.15) is 17.1 Å². The maximum Gasteiger partial charge on any atom is 0.342 e. The number of aromatic hydroxyl groups is 2. The Hall–Kier alpha value is -3.42. The number of benzene rings is 2. The van der Waals surface area contributed by atoms with Gasteiger partial charge in [-0.3, -0.25) is 4.79 Å². The Morgan fingerprint density at radius 3 is 2.52 bits per heavy atom. The maximum absolute atomic E-state index is 12.1.